The predicted octanol–water partition coefficient (Wildman–Crippen LogP) is 1.56. The molecule has 6 nitrogen and oxygen atoms in total. The highest BCUT2D eigenvalue weighted by Gasteiger charge is 2.27. The van der Waals surface area contributed by atoms with Crippen LogP contribution in [0.1, 0.15) is 25.7 Å². The third kappa shape index (κ3) is 5.39. The zero-order valence-corrected chi connectivity index (χ0v) is 14.4. The number of likely N-dealkylation sites (tertiary alicyclic amines) is 1. The van der Waals surface area contributed by atoms with Crippen LogP contribution in [0.15, 0.2) is 24.3 Å². The fraction of sp³-hybridized carbons (Fsp3) is 0.529. The zero-order valence-electron chi connectivity index (χ0n) is 13.7. The Kier molecular flexibility index (Phi) is 7.34. The summed E-state index contributed by atoms with van der Waals surface area (Å²) in [5.41, 5.74) is 5.37. The topological polar surface area (TPSA) is 84.7 Å². The molecule has 2 amide bonds. The van der Waals surface area contributed by atoms with Gasteiger partial charge in [0.25, 0.3) is 5.91 Å². The van der Waals surface area contributed by atoms with E-state index in [0.717, 1.165) is 19.3 Å². The van der Waals surface area contributed by atoms with Crippen molar-refractivity contribution in [2.24, 2.45) is 5.73 Å². The summed E-state index contributed by atoms with van der Waals surface area (Å²) in [7, 11) is 0. The number of para-hydroxylation sites is 1. The van der Waals surface area contributed by atoms with Crippen LogP contribution >= 0.6 is 11.6 Å². The van der Waals surface area contributed by atoms with Crippen LogP contribution in [0.2, 0.25) is 5.02 Å². The lowest BCUT2D eigenvalue weighted by atomic mass is 10.0. The van der Waals surface area contributed by atoms with E-state index in [9.17, 15) is 9.59 Å². The number of ether oxygens (including phenoxy) is 1. The standard InChI is InChI=1S/C17H24ClN3O3/c18-14-6-1-2-7-15(14)24-12-17(23)21-10-4-3-5-13(21)11-20-16(22)8-9-19/h1-2,6-7,13H,3-5,8-12,19H2,(H,20,22). The number of amides is 2. The maximum Gasteiger partial charge on any atom is 0.260 e. The van der Waals surface area contributed by atoms with Crippen LogP contribution < -0.4 is 15.8 Å². The molecule has 1 aliphatic heterocycles. The molecule has 1 aromatic carbocycles. The van der Waals surface area contributed by atoms with Gasteiger partial charge >= 0.3 is 0 Å². The molecule has 1 heterocycles. The minimum Gasteiger partial charge on any atom is -0.482 e. The van der Waals surface area contributed by atoms with Crippen LogP contribution in [0.25, 0.3) is 0 Å². The number of nitrogens with zero attached hydrogens (tertiary/aromatic N) is 1. The third-order valence-corrected chi connectivity index (χ3v) is 4.35. The first-order valence-corrected chi connectivity index (χ1v) is 8.63. The fourth-order valence-corrected chi connectivity index (χ4v) is 2.97. The van der Waals surface area contributed by atoms with Crippen molar-refractivity contribution in [3.8, 4) is 5.75 Å². The lowest BCUT2D eigenvalue weighted by molar-refractivity contribution is -0.137. The van der Waals surface area contributed by atoms with E-state index in [0.29, 0.717) is 36.8 Å². The molecule has 1 aliphatic rings. The second-order valence-corrected chi connectivity index (χ2v) is 6.21. The second kappa shape index (κ2) is 9.49. The number of hydrogen-bond acceptors (Lipinski definition) is 4. The van der Waals surface area contributed by atoms with Gasteiger partial charge in [0.1, 0.15) is 5.75 Å². The van der Waals surface area contributed by atoms with Crippen molar-refractivity contribution in [3.05, 3.63) is 29.3 Å². The van der Waals surface area contributed by atoms with Gasteiger partial charge in [-0.05, 0) is 31.4 Å². The molecule has 1 saturated heterocycles. The van der Waals surface area contributed by atoms with Gasteiger partial charge in [0.05, 0.1) is 5.02 Å². The number of benzene rings is 1. The van der Waals surface area contributed by atoms with Gasteiger partial charge in [-0.1, -0.05) is 23.7 Å². The lowest BCUT2D eigenvalue weighted by Crippen LogP contribution is -2.50. The average Bonchev–Trinajstić information content (AvgIpc) is 2.59. The van der Waals surface area contributed by atoms with Crippen LogP contribution in [0.4, 0.5) is 0 Å². The van der Waals surface area contributed by atoms with E-state index in [1.54, 1.807) is 17.0 Å². The minimum atomic E-state index is -0.0901. The van der Waals surface area contributed by atoms with Gasteiger partial charge in [-0.15, -0.1) is 0 Å². The number of nitrogens with one attached hydrogen (secondary N) is 1. The van der Waals surface area contributed by atoms with Crippen molar-refractivity contribution in [2.75, 3.05) is 26.2 Å². The van der Waals surface area contributed by atoms with Crippen molar-refractivity contribution >= 4 is 23.4 Å². The number of nitrogens with two attached hydrogens (primary N) is 1. The predicted molar refractivity (Wildman–Crippen MR) is 93.0 cm³/mol. The highest BCUT2D eigenvalue weighted by molar-refractivity contribution is 6.32. The summed E-state index contributed by atoms with van der Waals surface area (Å²) in [5, 5.41) is 3.33. The molecule has 132 valence electrons. The van der Waals surface area contributed by atoms with Gasteiger partial charge in [0, 0.05) is 32.1 Å². The van der Waals surface area contributed by atoms with Crippen LogP contribution in [0, 0.1) is 0 Å². The molecule has 1 atom stereocenters. The number of carbonyl (C=O) groups is 2. The highest BCUT2D eigenvalue weighted by Crippen LogP contribution is 2.23. The molecule has 1 aromatic rings. The Morgan fingerprint density at radius 2 is 2.12 bits per heavy atom. The Hall–Kier alpha value is -1.79. The van der Waals surface area contributed by atoms with Gasteiger partial charge in [0.2, 0.25) is 5.91 Å². The largest absolute Gasteiger partial charge is 0.482 e. The summed E-state index contributed by atoms with van der Waals surface area (Å²) in [5.74, 6) is 0.327. The van der Waals surface area contributed by atoms with E-state index >= 15 is 0 Å². The van der Waals surface area contributed by atoms with Gasteiger partial charge in [-0.2, -0.15) is 0 Å². The molecular weight excluding hydrogens is 330 g/mol. The Morgan fingerprint density at radius 1 is 1.33 bits per heavy atom. The first-order chi connectivity index (χ1) is 11.6. The van der Waals surface area contributed by atoms with Crippen molar-refractivity contribution in [2.45, 2.75) is 31.7 Å². The molecule has 3 N–H and O–H groups in total. The van der Waals surface area contributed by atoms with Crippen LogP contribution in [0.5, 0.6) is 5.75 Å². The third-order valence-electron chi connectivity index (χ3n) is 4.04. The minimum absolute atomic E-state index is 0.00261. The summed E-state index contributed by atoms with van der Waals surface area (Å²) in [6, 6.07) is 7.07. The van der Waals surface area contributed by atoms with Gasteiger partial charge in [-0.25, -0.2) is 0 Å². The number of halogens is 1. The summed E-state index contributed by atoms with van der Waals surface area (Å²) in [4.78, 5) is 25.9. The number of carbonyl (C=O) groups excluding carboxylic acids is 2. The molecule has 0 bridgehead atoms. The molecule has 0 spiro atoms. The van der Waals surface area contributed by atoms with E-state index in [4.69, 9.17) is 22.1 Å². The molecule has 2 rings (SSSR count). The molecule has 24 heavy (non-hydrogen) atoms. The van der Waals surface area contributed by atoms with Crippen molar-refractivity contribution in [1.82, 2.24) is 10.2 Å². The first kappa shape index (κ1) is 18.5. The Labute approximate surface area is 147 Å². The molecular formula is C17H24ClN3O3. The normalized spacial score (nSPS) is 17.4. The van der Waals surface area contributed by atoms with E-state index in [1.165, 1.54) is 0 Å². The maximum absolute atomic E-state index is 12.5. The molecule has 1 fully saturated rings. The van der Waals surface area contributed by atoms with Crippen molar-refractivity contribution < 1.29 is 14.3 Å². The van der Waals surface area contributed by atoms with Crippen molar-refractivity contribution in [3.63, 3.8) is 0 Å². The monoisotopic (exact) mass is 353 g/mol. The zero-order chi connectivity index (χ0) is 17.4. The van der Waals surface area contributed by atoms with Crippen LogP contribution in [-0.2, 0) is 9.59 Å². The summed E-state index contributed by atoms with van der Waals surface area (Å²) in [6.45, 7) is 1.40. The maximum atomic E-state index is 12.5. The summed E-state index contributed by atoms with van der Waals surface area (Å²) >= 11 is 6.03. The lowest BCUT2D eigenvalue weighted by Gasteiger charge is -2.35. The molecule has 0 aliphatic carbocycles. The Balaban J connectivity index is 1.88. The first-order valence-electron chi connectivity index (χ1n) is 8.25. The molecule has 0 radical (unpaired) electrons. The van der Waals surface area contributed by atoms with Gasteiger partial charge in [0.15, 0.2) is 6.61 Å². The Morgan fingerprint density at radius 3 is 2.88 bits per heavy atom. The molecule has 7 heteroatoms. The smallest absolute Gasteiger partial charge is 0.260 e. The second-order valence-electron chi connectivity index (χ2n) is 5.80. The SMILES string of the molecule is NCCC(=O)NCC1CCCCN1C(=O)COc1ccccc1Cl. The molecule has 0 saturated carbocycles. The Bertz CT molecular complexity index is 568. The highest BCUT2D eigenvalue weighted by atomic mass is 35.5. The van der Waals surface area contributed by atoms with E-state index in [-0.39, 0.29) is 24.5 Å². The van der Waals surface area contributed by atoms with E-state index < -0.39 is 0 Å². The van der Waals surface area contributed by atoms with Crippen molar-refractivity contribution in [1.29, 1.82) is 0 Å². The van der Waals surface area contributed by atoms with E-state index in [2.05, 4.69) is 5.32 Å². The molecule has 1 unspecified atom stereocenters. The molecule has 0 aromatic heterocycles. The number of rotatable bonds is 7. The van der Waals surface area contributed by atoms with E-state index in [1.807, 2.05) is 12.1 Å². The van der Waals surface area contributed by atoms with Crippen LogP contribution in [0.3, 0.4) is 0 Å². The quantitative estimate of drug-likeness (QED) is 0.779. The van der Waals surface area contributed by atoms with Gasteiger partial charge < -0.3 is 20.7 Å². The fourth-order valence-electron chi connectivity index (χ4n) is 2.78. The summed E-state index contributed by atoms with van der Waals surface area (Å²) in [6.07, 6.45) is 3.19. The van der Waals surface area contributed by atoms with Crippen LogP contribution in [-0.4, -0.2) is 49.0 Å². The number of hydrogen-bond donors (Lipinski definition) is 2. The van der Waals surface area contributed by atoms with Gasteiger partial charge in [-0.3, -0.25) is 9.59 Å². The average molecular weight is 354 g/mol. The summed E-state index contributed by atoms with van der Waals surface area (Å²) < 4.78 is 5.54. The number of piperidine rings is 1.